The molecule has 11 rings (SSSR count). The van der Waals surface area contributed by atoms with E-state index in [1.165, 1.54) is 28.8 Å². The molecule has 0 fully saturated rings. The van der Waals surface area contributed by atoms with Gasteiger partial charge in [0.1, 0.15) is 5.82 Å². The molecule has 3 aromatic heterocycles. The van der Waals surface area contributed by atoms with Gasteiger partial charge in [0, 0.05) is 38.2 Å². The largest absolute Gasteiger partial charge is 0.307 e. The van der Waals surface area contributed by atoms with Crippen molar-refractivity contribution in [2.24, 2.45) is 5.92 Å². The number of benzene rings is 7. The first-order valence-corrected chi connectivity index (χ1v) is 20.9. The minimum atomic E-state index is -0.349. The predicted molar refractivity (Wildman–Crippen MR) is 245 cm³/mol. The quantitative estimate of drug-likeness (QED) is 0.175. The summed E-state index contributed by atoms with van der Waals surface area (Å²) in [5.41, 5.74) is 12.0. The monoisotopic (exact) mass is 781 g/mol. The molecule has 0 saturated carbocycles. The molecular weight excluding hydrogens is 738 g/mol. The van der Waals surface area contributed by atoms with Gasteiger partial charge < -0.3 is 4.57 Å². The Labute approximate surface area is 348 Å². The molecule has 0 radical (unpaired) electrons. The molecule has 0 N–H and O–H groups in total. The molecule has 7 aromatic carbocycles. The summed E-state index contributed by atoms with van der Waals surface area (Å²) in [4.78, 5) is 15.3. The van der Waals surface area contributed by atoms with Crippen LogP contribution in [-0.2, 0) is 10.8 Å². The second-order valence-corrected chi connectivity index (χ2v) is 17.7. The van der Waals surface area contributed by atoms with Gasteiger partial charge in [0.05, 0.1) is 27.8 Å². The lowest BCUT2D eigenvalue weighted by atomic mass is 9.58. The Kier molecular flexibility index (Phi) is 8.02. The summed E-state index contributed by atoms with van der Waals surface area (Å²) in [5, 5.41) is 4.45. The maximum atomic E-state index is 14.8. The van der Waals surface area contributed by atoms with Crippen molar-refractivity contribution in [3.63, 3.8) is 0 Å². The van der Waals surface area contributed by atoms with Gasteiger partial charge in [0.15, 0.2) is 11.6 Å². The maximum Gasteiger partial charge on any atom is 0.238 e. The van der Waals surface area contributed by atoms with Crippen molar-refractivity contribution >= 4 is 43.6 Å². The molecule has 10 aromatic rings. The van der Waals surface area contributed by atoms with Crippen LogP contribution in [0.2, 0.25) is 0 Å². The molecule has 0 bridgehead atoms. The number of hydrogen-bond acceptors (Lipinski definition) is 3. The Balaban J connectivity index is 1.25. The van der Waals surface area contributed by atoms with E-state index in [1.807, 2.05) is 36.4 Å². The van der Waals surface area contributed by atoms with E-state index in [9.17, 15) is 4.39 Å². The van der Waals surface area contributed by atoms with Crippen LogP contribution in [0.4, 0.5) is 4.39 Å². The first kappa shape index (κ1) is 36.2. The SMILES string of the molecule is CC1CC(C)(C)c2cc(-c3ccccc3-n3c4ccccc4c4ccc5c6ccccc6n(-c6nc(-c7ccccc7)nc(-c7cccc(F)c7)n6)c5c43)ccc2C1(C)C. The minimum absolute atomic E-state index is 0.0443. The molecule has 5 nitrogen and oxygen atoms in total. The lowest BCUT2D eigenvalue weighted by Crippen LogP contribution is -2.40. The van der Waals surface area contributed by atoms with Gasteiger partial charge in [-0.15, -0.1) is 0 Å². The summed E-state index contributed by atoms with van der Waals surface area (Å²) in [6, 6.07) is 54.0. The van der Waals surface area contributed by atoms with Crippen LogP contribution in [0.1, 0.15) is 52.2 Å². The fourth-order valence-corrected chi connectivity index (χ4v) is 10.0. The van der Waals surface area contributed by atoms with Gasteiger partial charge in [-0.3, -0.25) is 4.57 Å². The molecule has 0 aliphatic heterocycles. The Morgan fingerprint density at radius 3 is 1.83 bits per heavy atom. The second-order valence-electron chi connectivity index (χ2n) is 17.7. The molecule has 0 amide bonds. The summed E-state index contributed by atoms with van der Waals surface area (Å²) in [6.45, 7) is 12.0. The van der Waals surface area contributed by atoms with Gasteiger partial charge in [-0.25, -0.2) is 9.37 Å². The average molecular weight is 782 g/mol. The highest BCUT2D eigenvalue weighted by Crippen LogP contribution is 2.50. The van der Waals surface area contributed by atoms with Gasteiger partial charge in [-0.05, 0) is 70.2 Å². The highest BCUT2D eigenvalue weighted by molar-refractivity contribution is 6.24. The zero-order valence-corrected chi connectivity index (χ0v) is 34.4. The average Bonchev–Trinajstić information content (AvgIpc) is 3.79. The zero-order valence-electron chi connectivity index (χ0n) is 34.4. The molecule has 1 aliphatic carbocycles. The van der Waals surface area contributed by atoms with Crippen molar-refractivity contribution in [3.05, 3.63) is 175 Å². The van der Waals surface area contributed by atoms with Crippen LogP contribution in [0.15, 0.2) is 158 Å². The van der Waals surface area contributed by atoms with E-state index >= 15 is 0 Å². The predicted octanol–water partition coefficient (Wildman–Crippen LogP) is 13.8. The minimum Gasteiger partial charge on any atom is -0.307 e. The van der Waals surface area contributed by atoms with Crippen molar-refractivity contribution in [3.8, 4) is 45.5 Å². The Morgan fingerprint density at radius 1 is 0.517 bits per heavy atom. The standard InChI is InChI=1S/C54H44FN5/c1-33-32-53(2,3)44-31-35(26-29-43(44)54(33,4)5)38-20-9-12-23-45(38)59-46-24-13-10-21-39(46)41-27-28-42-40-22-11-14-25-47(40)60(49(42)48(41)59)52-57-50(34-16-7-6-8-17-34)56-51(58-52)36-18-15-19-37(55)30-36/h6-31,33H,32H2,1-5H3. The van der Waals surface area contributed by atoms with Crippen LogP contribution in [0.3, 0.4) is 0 Å². The molecule has 1 aliphatic rings. The number of hydrogen-bond donors (Lipinski definition) is 0. The van der Waals surface area contributed by atoms with Crippen molar-refractivity contribution in [2.75, 3.05) is 0 Å². The van der Waals surface area contributed by atoms with E-state index in [0.717, 1.165) is 66.8 Å². The van der Waals surface area contributed by atoms with Gasteiger partial charge in [0.2, 0.25) is 5.95 Å². The third-order valence-corrected chi connectivity index (χ3v) is 13.4. The number of para-hydroxylation sites is 3. The van der Waals surface area contributed by atoms with Crippen molar-refractivity contribution in [1.82, 2.24) is 24.1 Å². The smallest absolute Gasteiger partial charge is 0.238 e. The molecule has 6 heteroatoms. The molecule has 292 valence electrons. The van der Waals surface area contributed by atoms with Crippen LogP contribution >= 0.6 is 0 Å². The number of fused-ring (bicyclic) bond motifs is 8. The molecule has 1 atom stereocenters. The molecule has 0 spiro atoms. The highest BCUT2D eigenvalue weighted by atomic mass is 19.1. The van der Waals surface area contributed by atoms with E-state index in [0.29, 0.717) is 29.1 Å². The zero-order chi connectivity index (χ0) is 40.9. The van der Waals surface area contributed by atoms with Crippen LogP contribution < -0.4 is 0 Å². The maximum absolute atomic E-state index is 14.8. The normalized spacial score (nSPS) is 15.9. The first-order valence-electron chi connectivity index (χ1n) is 20.9. The van der Waals surface area contributed by atoms with Gasteiger partial charge in [-0.2, -0.15) is 9.97 Å². The molecule has 1 unspecified atom stereocenters. The van der Waals surface area contributed by atoms with E-state index in [-0.39, 0.29) is 16.6 Å². The van der Waals surface area contributed by atoms with Crippen molar-refractivity contribution in [1.29, 1.82) is 0 Å². The van der Waals surface area contributed by atoms with E-state index in [4.69, 9.17) is 15.0 Å². The molecular formula is C54H44FN5. The summed E-state index contributed by atoms with van der Waals surface area (Å²) < 4.78 is 19.4. The van der Waals surface area contributed by atoms with E-state index < -0.39 is 0 Å². The second kappa shape index (κ2) is 13.3. The number of aromatic nitrogens is 5. The fourth-order valence-electron chi connectivity index (χ4n) is 10.0. The lowest BCUT2D eigenvalue weighted by Gasteiger charge is -2.46. The Morgan fingerprint density at radius 2 is 1.12 bits per heavy atom. The van der Waals surface area contributed by atoms with Crippen LogP contribution in [0, 0.1) is 11.7 Å². The van der Waals surface area contributed by atoms with Gasteiger partial charge >= 0.3 is 0 Å². The van der Waals surface area contributed by atoms with E-state index in [1.54, 1.807) is 6.07 Å². The van der Waals surface area contributed by atoms with Crippen molar-refractivity contribution < 1.29 is 4.39 Å². The fraction of sp³-hybridized carbons (Fsp3) is 0.167. The summed E-state index contributed by atoms with van der Waals surface area (Å²) in [7, 11) is 0. The van der Waals surface area contributed by atoms with Crippen LogP contribution in [-0.4, -0.2) is 24.1 Å². The third-order valence-electron chi connectivity index (χ3n) is 13.4. The summed E-state index contributed by atoms with van der Waals surface area (Å²) >= 11 is 0. The Hall–Kier alpha value is -6.92. The number of halogens is 1. The lowest BCUT2D eigenvalue weighted by molar-refractivity contribution is 0.233. The number of rotatable bonds is 5. The van der Waals surface area contributed by atoms with Crippen LogP contribution in [0.25, 0.3) is 89.2 Å². The Bertz CT molecular complexity index is 3330. The third kappa shape index (κ3) is 5.47. The van der Waals surface area contributed by atoms with Crippen molar-refractivity contribution in [2.45, 2.75) is 51.9 Å². The summed E-state index contributed by atoms with van der Waals surface area (Å²) in [6.07, 6.45) is 1.14. The molecule has 0 saturated heterocycles. The van der Waals surface area contributed by atoms with E-state index in [2.05, 4.69) is 147 Å². The first-order chi connectivity index (χ1) is 29.1. The van der Waals surface area contributed by atoms with Gasteiger partial charge in [-0.1, -0.05) is 162 Å². The van der Waals surface area contributed by atoms with Crippen LogP contribution in [0.5, 0.6) is 0 Å². The topological polar surface area (TPSA) is 48.5 Å². The molecule has 3 heterocycles. The summed E-state index contributed by atoms with van der Waals surface area (Å²) in [5.74, 6) is 1.59. The van der Waals surface area contributed by atoms with Gasteiger partial charge in [0.25, 0.3) is 0 Å². The highest BCUT2D eigenvalue weighted by Gasteiger charge is 2.42. The number of nitrogens with zero attached hydrogens (tertiary/aromatic N) is 5. The molecule has 60 heavy (non-hydrogen) atoms.